The number of benzene rings is 1. The Hall–Kier alpha value is -1.55. The molecule has 0 radical (unpaired) electrons. The Labute approximate surface area is 100 Å². The van der Waals surface area contributed by atoms with Crippen molar-refractivity contribution in [2.24, 2.45) is 15.8 Å². The molecule has 0 aliphatic heterocycles. The molecule has 0 atom stereocenters. The molecule has 0 saturated carbocycles. The van der Waals surface area contributed by atoms with Gasteiger partial charge < -0.3 is 5.73 Å². The van der Waals surface area contributed by atoms with E-state index in [2.05, 4.69) is 15.5 Å². The summed E-state index contributed by atoms with van der Waals surface area (Å²) >= 11 is 5.81. The average Bonchev–Trinajstić information content (AvgIpc) is 2.31. The van der Waals surface area contributed by atoms with E-state index in [9.17, 15) is 0 Å². The van der Waals surface area contributed by atoms with E-state index in [1.807, 2.05) is 31.2 Å². The molecule has 4 nitrogen and oxygen atoms in total. The zero-order valence-corrected chi connectivity index (χ0v) is 10.1. The SMILES string of the molecule is CCC(=NNC(N)=NC)c1ccc(Cl)cc1. The number of hydrazone groups is 1. The molecule has 0 bridgehead atoms. The van der Waals surface area contributed by atoms with Crippen molar-refractivity contribution in [2.45, 2.75) is 13.3 Å². The van der Waals surface area contributed by atoms with Crippen LogP contribution in [0.5, 0.6) is 0 Å². The first-order valence-corrected chi connectivity index (χ1v) is 5.36. The van der Waals surface area contributed by atoms with Gasteiger partial charge in [-0.15, -0.1) is 0 Å². The van der Waals surface area contributed by atoms with Gasteiger partial charge in [-0.2, -0.15) is 5.10 Å². The number of rotatable bonds is 3. The molecule has 0 spiro atoms. The Kier molecular flexibility index (Phi) is 4.79. The van der Waals surface area contributed by atoms with Crippen molar-refractivity contribution in [3.63, 3.8) is 0 Å². The first kappa shape index (κ1) is 12.5. The van der Waals surface area contributed by atoms with Gasteiger partial charge in [-0.05, 0) is 24.1 Å². The summed E-state index contributed by atoms with van der Waals surface area (Å²) in [5.41, 5.74) is 10.1. The van der Waals surface area contributed by atoms with Gasteiger partial charge in [0.25, 0.3) is 0 Å². The summed E-state index contributed by atoms with van der Waals surface area (Å²) in [5.74, 6) is 0.292. The largest absolute Gasteiger partial charge is 0.369 e. The molecule has 0 fully saturated rings. The van der Waals surface area contributed by atoms with Crippen LogP contribution in [0, 0.1) is 0 Å². The Morgan fingerprint density at radius 1 is 1.38 bits per heavy atom. The van der Waals surface area contributed by atoms with Crippen molar-refractivity contribution in [2.75, 3.05) is 7.05 Å². The van der Waals surface area contributed by atoms with Gasteiger partial charge in [0, 0.05) is 12.1 Å². The summed E-state index contributed by atoms with van der Waals surface area (Å²) in [6.07, 6.45) is 0.797. The van der Waals surface area contributed by atoms with E-state index in [0.29, 0.717) is 11.0 Å². The minimum absolute atomic E-state index is 0.292. The predicted molar refractivity (Wildman–Crippen MR) is 69.0 cm³/mol. The highest BCUT2D eigenvalue weighted by Crippen LogP contribution is 2.11. The normalized spacial score (nSPS) is 12.7. The summed E-state index contributed by atoms with van der Waals surface area (Å²) in [6.45, 7) is 2.02. The average molecular weight is 239 g/mol. The predicted octanol–water partition coefficient (Wildman–Crippen LogP) is 1.99. The third-order valence-corrected chi connectivity index (χ3v) is 2.31. The van der Waals surface area contributed by atoms with Gasteiger partial charge in [0.1, 0.15) is 0 Å². The lowest BCUT2D eigenvalue weighted by Crippen LogP contribution is -2.28. The molecule has 0 aliphatic carbocycles. The minimum atomic E-state index is 0.292. The van der Waals surface area contributed by atoms with E-state index in [4.69, 9.17) is 17.3 Å². The van der Waals surface area contributed by atoms with E-state index < -0.39 is 0 Å². The van der Waals surface area contributed by atoms with Crippen LogP contribution in [-0.2, 0) is 0 Å². The summed E-state index contributed by atoms with van der Waals surface area (Å²) < 4.78 is 0. The second-order valence-electron chi connectivity index (χ2n) is 3.14. The van der Waals surface area contributed by atoms with Gasteiger partial charge in [-0.1, -0.05) is 30.7 Å². The van der Waals surface area contributed by atoms with Crippen LogP contribution in [-0.4, -0.2) is 18.7 Å². The molecule has 0 aliphatic rings. The quantitative estimate of drug-likeness (QED) is 0.481. The van der Waals surface area contributed by atoms with Crippen molar-refractivity contribution in [1.29, 1.82) is 0 Å². The second-order valence-corrected chi connectivity index (χ2v) is 3.58. The number of nitrogens with one attached hydrogen (secondary N) is 1. The Morgan fingerprint density at radius 3 is 2.50 bits per heavy atom. The molecule has 0 heterocycles. The zero-order chi connectivity index (χ0) is 12.0. The standard InChI is InChI=1S/C11H15ClN4/c1-3-10(15-16-11(13)14-2)8-4-6-9(12)7-5-8/h4-7H,3H2,1-2H3,(H3,13,14,16). The lowest BCUT2D eigenvalue weighted by molar-refractivity contribution is 0.985. The van der Waals surface area contributed by atoms with Crippen molar-refractivity contribution < 1.29 is 0 Å². The summed E-state index contributed by atoms with van der Waals surface area (Å²) in [4.78, 5) is 3.76. The van der Waals surface area contributed by atoms with Gasteiger partial charge in [0.2, 0.25) is 5.96 Å². The maximum Gasteiger partial charge on any atom is 0.209 e. The van der Waals surface area contributed by atoms with E-state index in [1.54, 1.807) is 7.05 Å². The molecule has 3 N–H and O–H groups in total. The lowest BCUT2D eigenvalue weighted by atomic mass is 10.1. The first-order chi connectivity index (χ1) is 7.67. The smallest absolute Gasteiger partial charge is 0.209 e. The molecule has 16 heavy (non-hydrogen) atoms. The molecule has 1 aromatic carbocycles. The van der Waals surface area contributed by atoms with Crippen molar-refractivity contribution in [3.8, 4) is 0 Å². The number of halogens is 1. The van der Waals surface area contributed by atoms with Crippen LogP contribution < -0.4 is 11.2 Å². The van der Waals surface area contributed by atoms with Crippen molar-refractivity contribution in [3.05, 3.63) is 34.9 Å². The number of guanidine groups is 1. The van der Waals surface area contributed by atoms with Crippen LogP contribution >= 0.6 is 11.6 Å². The summed E-state index contributed by atoms with van der Waals surface area (Å²) in [7, 11) is 1.60. The Balaban J connectivity index is 2.85. The van der Waals surface area contributed by atoms with Crippen LogP contribution in [0.2, 0.25) is 5.02 Å². The molecular formula is C11H15ClN4. The Morgan fingerprint density at radius 2 is 2.00 bits per heavy atom. The highest BCUT2D eigenvalue weighted by Gasteiger charge is 2.01. The molecule has 0 unspecified atom stereocenters. The fourth-order valence-corrected chi connectivity index (χ4v) is 1.29. The summed E-state index contributed by atoms with van der Waals surface area (Å²) in [5, 5.41) is 4.89. The first-order valence-electron chi connectivity index (χ1n) is 4.98. The van der Waals surface area contributed by atoms with Crippen LogP contribution in [0.25, 0.3) is 0 Å². The fraction of sp³-hybridized carbons (Fsp3) is 0.273. The molecule has 0 amide bonds. The third-order valence-electron chi connectivity index (χ3n) is 2.06. The number of hydrogen-bond donors (Lipinski definition) is 2. The van der Waals surface area contributed by atoms with Gasteiger partial charge in [0.15, 0.2) is 0 Å². The van der Waals surface area contributed by atoms with Gasteiger partial charge in [-0.25, -0.2) is 5.43 Å². The highest BCUT2D eigenvalue weighted by atomic mass is 35.5. The topological polar surface area (TPSA) is 62.8 Å². The molecule has 86 valence electrons. The monoisotopic (exact) mass is 238 g/mol. The van der Waals surface area contributed by atoms with Gasteiger partial charge in [0.05, 0.1) is 5.71 Å². The second kappa shape index (κ2) is 6.12. The van der Waals surface area contributed by atoms with Crippen molar-refractivity contribution >= 4 is 23.3 Å². The fourth-order valence-electron chi connectivity index (χ4n) is 1.16. The molecule has 0 aromatic heterocycles. The highest BCUT2D eigenvalue weighted by molar-refractivity contribution is 6.30. The number of aliphatic imine (C=N–C) groups is 1. The maximum absolute atomic E-state index is 5.81. The van der Waals surface area contributed by atoms with Gasteiger partial charge in [-0.3, -0.25) is 4.99 Å². The van der Waals surface area contributed by atoms with E-state index in [1.165, 1.54) is 0 Å². The van der Waals surface area contributed by atoms with Crippen LogP contribution in [0.4, 0.5) is 0 Å². The maximum atomic E-state index is 5.81. The number of nitrogens with two attached hydrogens (primary N) is 1. The van der Waals surface area contributed by atoms with E-state index >= 15 is 0 Å². The molecule has 1 rings (SSSR count). The minimum Gasteiger partial charge on any atom is -0.369 e. The Bertz CT molecular complexity index is 395. The van der Waals surface area contributed by atoms with E-state index in [-0.39, 0.29) is 0 Å². The van der Waals surface area contributed by atoms with Gasteiger partial charge >= 0.3 is 0 Å². The lowest BCUT2D eigenvalue weighted by Gasteiger charge is -2.05. The molecule has 5 heteroatoms. The van der Waals surface area contributed by atoms with Crippen molar-refractivity contribution in [1.82, 2.24) is 5.43 Å². The van der Waals surface area contributed by atoms with E-state index in [0.717, 1.165) is 17.7 Å². The number of hydrogen-bond acceptors (Lipinski definition) is 2. The zero-order valence-electron chi connectivity index (χ0n) is 9.37. The van der Waals surface area contributed by atoms with Crippen LogP contribution in [0.15, 0.2) is 34.4 Å². The number of nitrogens with zero attached hydrogens (tertiary/aromatic N) is 2. The summed E-state index contributed by atoms with van der Waals surface area (Å²) in [6, 6.07) is 7.51. The molecule has 1 aromatic rings. The molecule has 0 saturated heterocycles. The van der Waals surface area contributed by atoms with Crippen LogP contribution in [0.3, 0.4) is 0 Å². The third kappa shape index (κ3) is 3.55. The van der Waals surface area contributed by atoms with Crippen LogP contribution in [0.1, 0.15) is 18.9 Å². The molecular weight excluding hydrogens is 224 g/mol.